The Bertz CT molecular complexity index is 1100. The van der Waals surface area contributed by atoms with Gasteiger partial charge in [-0.15, -0.1) is 0 Å². The molecule has 2 aromatic heterocycles. The first-order valence-corrected chi connectivity index (χ1v) is 12.7. The van der Waals surface area contributed by atoms with Crippen molar-refractivity contribution in [3.8, 4) is 11.5 Å². The van der Waals surface area contributed by atoms with E-state index in [0.29, 0.717) is 0 Å². The molecule has 3 aromatic rings. The molecule has 0 saturated carbocycles. The number of benzene rings is 1. The van der Waals surface area contributed by atoms with Gasteiger partial charge in [0.25, 0.3) is 0 Å². The Balaban J connectivity index is 1.42. The second-order valence-electron chi connectivity index (χ2n) is 8.23. The van der Waals surface area contributed by atoms with Gasteiger partial charge in [0.2, 0.25) is 11.8 Å². The Morgan fingerprint density at radius 3 is 2.45 bits per heavy atom. The van der Waals surface area contributed by atoms with Crippen LogP contribution in [0.3, 0.4) is 0 Å². The maximum atomic E-state index is 12.9. The summed E-state index contributed by atoms with van der Waals surface area (Å²) < 4.78 is 16.6. The van der Waals surface area contributed by atoms with Gasteiger partial charge in [0, 0.05) is 41.8 Å². The molecule has 1 aromatic carbocycles. The molecule has 1 N–H and O–H groups in total. The summed E-state index contributed by atoms with van der Waals surface area (Å²) in [6.45, 7) is 3.16. The zero-order valence-corrected chi connectivity index (χ0v) is 19.5. The second kappa shape index (κ2) is 10.6. The summed E-state index contributed by atoms with van der Waals surface area (Å²) in [5.74, 6) is 0.340. The number of nitrogens with zero attached hydrogens (tertiary/aromatic N) is 4. The normalized spacial score (nSPS) is 15.7. The van der Waals surface area contributed by atoms with Crippen LogP contribution in [0, 0.1) is 0 Å². The Labute approximate surface area is 196 Å². The number of rotatable bonds is 8. The number of piperidine rings is 1. The molecule has 2 amide bonds. The molecule has 2 atom stereocenters. The minimum absolute atomic E-state index is 0.0761. The average Bonchev–Trinajstić information content (AvgIpc) is 3.49. The van der Waals surface area contributed by atoms with E-state index in [2.05, 4.69) is 10.4 Å². The summed E-state index contributed by atoms with van der Waals surface area (Å²) in [5, 5.41) is 7.23. The van der Waals surface area contributed by atoms with Gasteiger partial charge in [0.15, 0.2) is 0 Å². The van der Waals surface area contributed by atoms with E-state index in [4.69, 9.17) is 0 Å². The fraction of sp³-hybridized carbons (Fsp3) is 0.375. The lowest BCUT2D eigenvalue weighted by Gasteiger charge is -2.29. The SMILES string of the molecule is CC(NC(=O)CS(=O)Cc1cnn(-c2ccccc2)c1-n1cccc1)C(=O)N1CCCCC1. The summed E-state index contributed by atoms with van der Waals surface area (Å²) in [4.78, 5) is 26.8. The van der Waals surface area contributed by atoms with E-state index in [-0.39, 0.29) is 23.3 Å². The van der Waals surface area contributed by atoms with Crippen molar-refractivity contribution in [1.82, 2.24) is 24.6 Å². The fourth-order valence-corrected chi connectivity index (χ4v) is 5.12. The first-order chi connectivity index (χ1) is 16.0. The van der Waals surface area contributed by atoms with Gasteiger partial charge in [-0.2, -0.15) is 5.10 Å². The molecular formula is C24H29N5O3S. The van der Waals surface area contributed by atoms with Gasteiger partial charge in [-0.3, -0.25) is 13.8 Å². The zero-order valence-electron chi connectivity index (χ0n) is 18.7. The number of para-hydroxylation sites is 1. The van der Waals surface area contributed by atoms with Crippen molar-refractivity contribution in [2.75, 3.05) is 18.8 Å². The van der Waals surface area contributed by atoms with Gasteiger partial charge in [-0.1, -0.05) is 18.2 Å². The van der Waals surface area contributed by atoms with E-state index in [1.165, 1.54) is 0 Å². The lowest BCUT2D eigenvalue weighted by Crippen LogP contribution is -2.49. The number of amides is 2. The van der Waals surface area contributed by atoms with Crippen LogP contribution in [0.5, 0.6) is 0 Å². The summed E-state index contributed by atoms with van der Waals surface area (Å²) in [6, 6.07) is 12.9. The monoisotopic (exact) mass is 467 g/mol. The van der Waals surface area contributed by atoms with Crippen LogP contribution in [0.15, 0.2) is 61.1 Å². The van der Waals surface area contributed by atoms with Gasteiger partial charge < -0.3 is 14.8 Å². The number of aromatic nitrogens is 3. The maximum Gasteiger partial charge on any atom is 0.244 e. The van der Waals surface area contributed by atoms with Crippen LogP contribution in [0.25, 0.3) is 11.5 Å². The van der Waals surface area contributed by atoms with Crippen LogP contribution < -0.4 is 5.32 Å². The van der Waals surface area contributed by atoms with Crippen molar-refractivity contribution in [1.29, 1.82) is 0 Å². The van der Waals surface area contributed by atoms with Gasteiger partial charge in [-0.05, 0) is 50.5 Å². The Kier molecular flexibility index (Phi) is 7.39. The molecule has 33 heavy (non-hydrogen) atoms. The van der Waals surface area contributed by atoms with Crippen molar-refractivity contribution in [3.63, 3.8) is 0 Å². The Morgan fingerprint density at radius 1 is 1.06 bits per heavy atom. The second-order valence-corrected chi connectivity index (χ2v) is 9.69. The van der Waals surface area contributed by atoms with E-state index >= 15 is 0 Å². The third kappa shape index (κ3) is 5.60. The topological polar surface area (TPSA) is 89.2 Å². The molecule has 8 nitrogen and oxygen atoms in total. The van der Waals surface area contributed by atoms with Gasteiger partial charge in [0.1, 0.15) is 17.6 Å². The average molecular weight is 468 g/mol. The standard InChI is InChI=1S/C24H29N5O3S/c1-19(24(31)28-14-6-3-7-15-28)26-22(30)18-33(32)17-20-16-25-29(21-10-4-2-5-11-21)23(20)27-12-8-9-13-27/h2,4-5,8-13,16,19H,3,6-7,14-15,17-18H2,1H3,(H,26,30). The lowest BCUT2D eigenvalue weighted by molar-refractivity contribution is -0.136. The Morgan fingerprint density at radius 2 is 1.76 bits per heavy atom. The fourth-order valence-electron chi connectivity index (χ4n) is 4.09. The van der Waals surface area contributed by atoms with Gasteiger partial charge >= 0.3 is 0 Å². The first kappa shape index (κ1) is 23.0. The van der Waals surface area contributed by atoms with E-state index in [9.17, 15) is 13.8 Å². The third-order valence-electron chi connectivity index (χ3n) is 5.69. The number of likely N-dealkylation sites (tertiary alicyclic amines) is 1. The number of hydrogen-bond acceptors (Lipinski definition) is 4. The minimum atomic E-state index is -1.45. The smallest absolute Gasteiger partial charge is 0.244 e. The molecule has 0 bridgehead atoms. The molecule has 1 fully saturated rings. The van der Waals surface area contributed by atoms with Gasteiger partial charge in [0.05, 0.1) is 17.6 Å². The van der Waals surface area contributed by atoms with Crippen LogP contribution in [-0.4, -0.2) is 60.2 Å². The molecule has 1 saturated heterocycles. The summed E-state index contributed by atoms with van der Waals surface area (Å²) in [6.07, 6.45) is 8.64. The summed E-state index contributed by atoms with van der Waals surface area (Å²) >= 11 is 0. The van der Waals surface area contributed by atoms with Crippen molar-refractivity contribution in [2.24, 2.45) is 0 Å². The molecule has 174 valence electrons. The highest BCUT2D eigenvalue weighted by atomic mass is 32.2. The van der Waals surface area contributed by atoms with E-state index in [1.54, 1.807) is 22.7 Å². The van der Waals surface area contributed by atoms with Crippen molar-refractivity contribution >= 4 is 22.6 Å². The molecule has 4 rings (SSSR count). The zero-order chi connectivity index (χ0) is 23.2. The number of carbonyl (C=O) groups excluding carboxylic acids is 2. The van der Waals surface area contributed by atoms with Crippen molar-refractivity contribution in [3.05, 3.63) is 66.6 Å². The molecule has 0 spiro atoms. The molecule has 0 radical (unpaired) electrons. The molecule has 0 aliphatic carbocycles. The first-order valence-electron chi connectivity index (χ1n) is 11.2. The van der Waals surface area contributed by atoms with Crippen molar-refractivity contribution < 1.29 is 13.8 Å². The predicted octanol–water partition coefficient (Wildman–Crippen LogP) is 2.43. The highest BCUT2D eigenvalue weighted by molar-refractivity contribution is 7.84. The van der Waals surface area contributed by atoms with Crippen LogP contribution in [0.2, 0.25) is 0 Å². The van der Waals surface area contributed by atoms with E-state index in [1.807, 2.05) is 59.4 Å². The summed E-state index contributed by atoms with van der Waals surface area (Å²) in [5.41, 5.74) is 1.67. The molecule has 1 aliphatic heterocycles. The number of nitrogens with one attached hydrogen (secondary N) is 1. The predicted molar refractivity (Wildman–Crippen MR) is 128 cm³/mol. The van der Waals surface area contributed by atoms with E-state index < -0.39 is 16.8 Å². The van der Waals surface area contributed by atoms with Crippen LogP contribution in [-0.2, 0) is 26.1 Å². The van der Waals surface area contributed by atoms with Crippen molar-refractivity contribution in [2.45, 2.75) is 38.0 Å². The molecular weight excluding hydrogens is 438 g/mol. The van der Waals surface area contributed by atoms with Crippen LogP contribution in [0.1, 0.15) is 31.7 Å². The maximum absolute atomic E-state index is 12.9. The molecule has 9 heteroatoms. The molecule has 2 unspecified atom stereocenters. The number of hydrogen-bond donors (Lipinski definition) is 1. The minimum Gasteiger partial charge on any atom is -0.344 e. The van der Waals surface area contributed by atoms with Gasteiger partial charge in [-0.25, -0.2) is 4.68 Å². The van der Waals surface area contributed by atoms with E-state index in [0.717, 1.165) is 49.4 Å². The Hall–Kier alpha value is -3.20. The highest BCUT2D eigenvalue weighted by Gasteiger charge is 2.24. The highest BCUT2D eigenvalue weighted by Crippen LogP contribution is 2.21. The lowest BCUT2D eigenvalue weighted by atomic mass is 10.1. The quantitative estimate of drug-likeness (QED) is 0.551. The number of carbonyl (C=O) groups is 2. The molecule has 3 heterocycles. The summed E-state index contributed by atoms with van der Waals surface area (Å²) in [7, 11) is -1.45. The third-order valence-corrected chi connectivity index (χ3v) is 6.91. The largest absolute Gasteiger partial charge is 0.344 e. The molecule has 1 aliphatic rings. The van der Waals surface area contributed by atoms with Crippen LogP contribution >= 0.6 is 0 Å². The van der Waals surface area contributed by atoms with Crippen LogP contribution in [0.4, 0.5) is 0 Å².